The number of hydrogen-bond acceptors (Lipinski definition) is 7. The molecule has 2 aromatic heterocycles. The third-order valence-corrected chi connectivity index (χ3v) is 4.86. The fraction of sp³-hybridized carbons (Fsp3) is 0.0526. The molecule has 0 saturated heterocycles. The average Bonchev–Trinajstić information content (AvgIpc) is 3.29. The fourth-order valence-electron chi connectivity index (χ4n) is 3.05. The molecule has 2 aromatic carbocycles. The van der Waals surface area contributed by atoms with Crippen LogP contribution < -0.4 is 10.9 Å². The molecule has 31 heavy (non-hydrogen) atoms. The Morgan fingerprint density at radius 3 is 2.55 bits per heavy atom. The number of carbonyl (C=O) groups is 2. The molecule has 0 fully saturated rings. The maximum absolute atomic E-state index is 12.7. The Morgan fingerprint density at radius 2 is 1.94 bits per heavy atom. The SMILES string of the molecule is Cn1c(O)c(C=O)c(=O)n1-c1ccc(NC(=O)c2cccc(-n3[nH]nnc3=S)c2)cc1. The lowest BCUT2D eigenvalue weighted by molar-refractivity contribution is 0.102. The van der Waals surface area contributed by atoms with Gasteiger partial charge in [0.2, 0.25) is 10.7 Å². The Bertz CT molecular complexity index is 1410. The smallest absolute Gasteiger partial charge is 0.286 e. The van der Waals surface area contributed by atoms with Gasteiger partial charge < -0.3 is 10.4 Å². The van der Waals surface area contributed by atoms with Gasteiger partial charge in [-0.3, -0.25) is 14.4 Å². The quantitative estimate of drug-likeness (QED) is 0.318. The largest absolute Gasteiger partial charge is 0.493 e. The van der Waals surface area contributed by atoms with Crippen LogP contribution in [0.25, 0.3) is 11.4 Å². The molecule has 0 bridgehead atoms. The molecule has 3 N–H and O–H groups in total. The highest BCUT2D eigenvalue weighted by atomic mass is 32.1. The van der Waals surface area contributed by atoms with Crippen LogP contribution in [0.4, 0.5) is 5.69 Å². The van der Waals surface area contributed by atoms with E-state index in [2.05, 4.69) is 20.8 Å². The molecule has 4 rings (SSSR count). The van der Waals surface area contributed by atoms with Gasteiger partial charge in [-0.2, -0.15) is 5.21 Å². The predicted molar refractivity (Wildman–Crippen MR) is 113 cm³/mol. The van der Waals surface area contributed by atoms with E-state index in [9.17, 15) is 19.5 Å². The first-order valence-electron chi connectivity index (χ1n) is 8.89. The number of nitrogens with one attached hydrogen (secondary N) is 2. The summed E-state index contributed by atoms with van der Waals surface area (Å²) in [6.07, 6.45) is 0.309. The van der Waals surface area contributed by atoms with Gasteiger partial charge in [0.15, 0.2) is 6.29 Å². The summed E-state index contributed by atoms with van der Waals surface area (Å²) in [4.78, 5) is 36.0. The molecular formula is C19H15N7O4S. The van der Waals surface area contributed by atoms with Crippen molar-refractivity contribution in [3.8, 4) is 17.3 Å². The minimum absolute atomic E-state index is 0.229. The summed E-state index contributed by atoms with van der Waals surface area (Å²) in [7, 11) is 1.45. The lowest BCUT2D eigenvalue weighted by Crippen LogP contribution is -2.21. The van der Waals surface area contributed by atoms with Gasteiger partial charge in [0.1, 0.15) is 5.56 Å². The van der Waals surface area contributed by atoms with E-state index < -0.39 is 11.4 Å². The summed E-state index contributed by atoms with van der Waals surface area (Å²) in [5, 5.41) is 22.6. The Kier molecular flexibility index (Phi) is 5.05. The van der Waals surface area contributed by atoms with Crippen molar-refractivity contribution in [2.24, 2.45) is 7.05 Å². The standard InChI is InChI=1S/C19H15N7O4S/c1-24-17(29)15(10-27)18(30)26(24)13-7-5-12(6-8-13)20-16(28)11-3-2-4-14(9-11)25-19(31)21-22-23-25/h2-10,29H,1H3,(H,20,28)(H,21,23,31). The predicted octanol–water partition coefficient (Wildman–Crippen LogP) is 1.58. The highest BCUT2D eigenvalue weighted by Gasteiger charge is 2.18. The maximum atomic E-state index is 12.7. The van der Waals surface area contributed by atoms with Crippen molar-refractivity contribution in [3.63, 3.8) is 0 Å². The molecule has 0 saturated carbocycles. The van der Waals surface area contributed by atoms with Crippen LogP contribution in [0.15, 0.2) is 53.3 Å². The monoisotopic (exact) mass is 437 g/mol. The molecule has 2 heterocycles. The van der Waals surface area contributed by atoms with Gasteiger partial charge in [0, 0.05) is 18.3 Å². The minimum atomic E-state index is -0.643. The topological polar surface area (TPSA) is 140 Å². The van der Waals surface area contributed by atoms with Crippen molar-refractivity contribution in [2.75, 3.05) is 5.32 Å². The summed E-state index contributed by atoms with van der Waals surface area (Å²) in [5.41, 5.74) is 0.921. The van der Waals surface area contributed by atoms with E-state index in [4.69, 9.17) is 12.2 Å². The second kappa shape index (κ2) is 7.84. The first kappa shape index (κ1) is 20.0. The number of aromatic hydroxyl groups is 1. The Balaban J connectivity index is 1.57. The van der Waals surface area contributed by atoms with Crippen LogP contribution in [0.1, 0.15) is 20.7 Å². The number of carbonyl (C=O) groups excluding carboxylic acids is 2. The van der Waals surface area contributed by atoms with Crippen LogP contribution in [-0.4, -0.2) is 46.9 Å². The Labute approximate surface area is 179 Å². The molecule has 4 aromatic rings. The maximum Gasteiger partial charge on any atom is 0.286 e. The molecule has 0 unspecified atom stereocenters. The first-order valence-corrected chi connectivity index (χ1v) is 9.30. The molecule has 156 valence electrons. The van der Waals surface area contributed by atoms with Gasteiger partial charge in [-0.05, 0) is 54.7 Å². The van der Waals surface area contributed by atoms with Crippen molar-refractivity contribution < 1.29 is 14.7 Å². The van der Waals surface area contributed by atoms with Gasteiger partial charge in [-0.1, -0.05) is 16.4 Å². The van der Waals surface area contributed by atoms with Crippen molar-refractivity contribution in [3.05, 3.63) is 74.8 Å². The average molecular weight is 437 g/mol. The molecular weight excluding hydrogens is 422 g/mol. The van der Waals surface area contributed by atoms with Crippen LogP contribution in [0, 0.1) is 4.77 Å². The normalized spacial score (nSPS) is 10.7. The molecule has 0 aliphatic heterocycles. The summed E-state index contributed by atoms with van der Waals surface area (Å²) in [6.45, 7) is 0. The van der Waals surface area contributed by atoms with Crippen molar-refractivity contribution >= 4 is 30.1 Å². The Morgan fingerprint density at radius 1 is 1.19 bits per heavy atom. The molecule has 0 radical (unpaired) electrons. The van der Waals surface area contributed by atoms with E-state index in [1.807, 2.05) is 0 Å². The van der Waals surface area contributed by atoms with E-state index in [1.165, 1.54) is 16.4 Å². The van der Waals surface area contributed by atoms with Gasteiger partial charge in [-0.15, -0.1) is 0 Å². The van der Waals surface area contributed by atoms with Crippen molar-refractivity contribution in [1.82, 2.24) is 29.6 Å². The summed E-state index contributed by atoms with van der Waals surface area (Å²) >= 11 is 5.07. The van der Waals surface area contributed by atoms with Crippen LogP contribution in [0.2, 0.25) is 0 Å². The van der Waals surface area contributed by atoms with Crippen LogP contribution >= 0.6 is 12.2 Å². The van der Waals surface area contributed by atoms with Gasteiger partial charge >= 0.3 is 0 Å². The summed E-state index contributed by atoms with van der Waals surface area (Å²) in [5.74, 6) is -0.782. The van der Waals surface area contributed by atoms with Crippen molar-refractivity contribution in [2.45, 2.75) is 0 Å². The number of aromatic nitrogens is 6. The van der Waals surface area contributed by atoms with E-state index in [0.717, 1.165) is 4.68 Å². The number of tetrazole rings is 1. The number of H-pyrrole nitrogens is 1. The van der Waals surface area contributed by atoms with E-state index in [0.29, 0.717) is 28.9 Å². The highest BCUT2D eigenvalue weighted by Crippen LogP contribution is 2.18. The number of amides is 1. The number of rotatable bonds is 5. The Hall–Kier alpha value is -4.32. The number of nitrogens with zero attached hydrogens (tertiary/aromatic N) is 5. The molecule has 11 nitrogen and oxygen atoms in total. The highest BCUT2D eigenvalue weighted by molar-refractivity contribution is 7.71. The lowest BCUT2D eigenvalue weighted by Gasteiger charge is -2.10. The number of benzene rings is 2. The van der Waals surface area contributed by atoms with Gasteiger partial charge in [-0.25, -0.2) is 14.0 Å². The molecule has 0 aliphatic carbocycles. The third-order valence-electron chi connectivity index (χ3n) is 4.60. The zero-order valence-electron chi connectivity index (χ0n) is 16.0. The summed E-state index contributed by atoms with van der Waals surface area (Å²) in [6, 6.07) is 13.1. The van der Waals surface area contributed by atoms with Crippen LogP contribution in [0.5, 0.6) is 5.88 Å². The first-order chi connectivity index (χ1) is 14.9. The van der Waals surface area contributed by atoms with Crippen LogP contribution in [0.3, 0.4) is 0 Å². The zero-order valence-corrected chi connectivity index (χ0v) is 16.8. The van der Waals surface area contributed by atoms with Crippen LogP contribution in [-0.2, 0) is 7.05 Å². The van der Waals surface area contributed by atoms with Gasteiger partial charge in [0.25, 0.3) is 11.5 Å². The van der Waals surface area contributed by atoms with E-state index >= 15 is 0 Å². The van der Waals surface area contributed by atoms with E-state index in [-0.39, 0.29) is 16.2 Å². The second-order valence-electron chi connectivity index (χ2n) is 6.47. The molecule has 1 amide bonds. The number of aromatic amines is 1. The zero-order chi connectivity index (χ0) is 22.1. The van der Waals surface area contributed by atoms with Crippen molar-refractivity contribution in [1.29, 1.82) is 0 Å². The van der Waals surface area contributed by atoms with Gasteiger partial charge in [0.05, 0.1) is 11.4 Å². The fourth-order valence-corrected chi connectivity index (χ4v) is 3.24. The molecule has 0 atom stereocenters. The molecule has 0 aliphatic rings. The lowest BCUT2D eigenvalue weighted by atomic mass is 10.2. The third kappa shape index (κ3) is 3.55. The summed E-state index contributed by atoms with van der Waals surface area (Å²) < 4.78 is 4.01. The number of aldehydes is 1. The molecule has 0 spiro atoms. The minimum Gasteiger partial charge on any atom is -0.493 e. The second-order valence-corrected chi connectivity index (χ2v) is 6.83. The number of anilines is 1. The van der Waals surface area contributed by atoms with E-state index in [1.54, 1.807) is 48.5 Å². The number of hydrogen-bond donors (Lipinski definition) is 3. The molecule has 12 heteroatoms.